The van der Waals surface area contributed by atoms with Crippen molar-refractivity contribution in [1.29, 1.82) is 0 Å². The standard InChI is InChI=1S/C23H29N5O4/c24-16-12-27(13-16)10-14-5-7-26(8-6-14)11-15-1-2-17-18(9-15)23(32)28(22(17)31)19-3-4-20(29)25-21(19)30/h1-2,9,14,16,19H,3-8,10-13,24H2,(H,25,29,30). The number of carbonyl (C=O) groups is 4. The van der Waals surface area contributed by atoms with Gasteiger partial charge in [0, 0.05) is 38.6 Å². The highest BCUT2D eigenvalue weighted by Crippen LogP contribution is 2.29. The van der Waals surface area contributed by atoms with Gasteiger partial charge in [-0.25, -0.2) is 0 Å². The molecule has 4 aliphatic heterocycles. The maximum Gasteiger partial charge on any atom is 0.262 e. The molecule has 4 aliphatic rings. The van der Waals surface area contributed by atoms with Crippen LogP contribution in [0, 0.1) is 5.92 Å². The molecule has 0 aromatic heterocycles. The molecule has 0 spiro atoms. The minimum atomic E-state index is -0.927. The lowest BCUT2D eigenvalue weighted by Gasteiger charge is -2.41. The fourth-order valence-corrected chi connectivity index (χ4v) is 5.33. The van der Waals surface area contributed by atoms with Crippen LogP contribution in [0.4, 0.5) is 0 Å². The number of hydrogen-bond donors (Lipinski definition) is 2. The molecule has 4 amide bonds. The van der Waals surface area contributed by atoms with E-state index in [1.54, 1.807) is 12.1 Å². The molecule has 1 aromatic rings. The van der Waals surface area contributed by atoms with E-state index in [0.29, 0.717) is 23.1 Å². The van der Waals surface area contributed by atoms with Crippen molar-refractivity contribution >= 4 is 23.6 Å². The molecule has 0 radical (unpaired) electrons. The van der Waals surface area contributed by atoms with Gasteiger partial charge in [0.05, 0.1) is 11.1 Å². The van der Waals surface area contributed by atoms with Gasteiger partial charge in [0.2, 0.25) is 11.8 Å². The van der Waals surface area contributed by atoms with Gasteiger partial charge in [-0.15, -0.1) is 0 Å². The smallest absolute Gasteiger partial charge is 0.262 e. The van der Waals surface area contributed by atoms with Crippen LogP contribution in [-0.2, 0) is 16.1 Å². The predicted molar refractivity (Wildman–Crippen MR) is 116 cm³/mol. The zero-order valence-corrected chi connectivity index (χ0v) is 18.1. The van der Waals surface area contributed by atoms with Gasteiger partial charge in [0.15, 0.2) is 0 Å². The number of likely N-dealkylation sites (tertiary alicyclic amines) is 2. The van der Waals surface area contributed by atoms with Crippen LogP contribution in [0.3, 0.4) is 0 Å². The number of amides is 4. The van der Waals surface area contributed by atoms with Crippen molar-refractivity contribution in [2.45, 2.75) is 44.3 Å². The fraction of sp³-hybridized carbons (Fsp3) is 0.565. The van der Waals surface area contributed by atoms with E-state index in [0.717, 1.165) is 62.6 Å². The van der Waals surface area contributed by atoms with E-state index in [4.69, 9.17) is 5.73 Å². The Bertz CT molecular complexity index is 965. The van der Waals surface area contributed by atoms with Gasteiger partial charge in [-0.2, -0.15) is 0 Å². The minimum Gasteiger partial charge on any atom is -0.325 e. The largest absolute Gasteiger partial charge is 0.325 e. The van der Waals surface area contributed by atoms with Gasteiger partial charge in [-0.05, 0) is 56.0 Å². The molecule has 9 nitrogen and oxygen atoms in total. The van der Waals surface area contributed by atoms with E-state index in [1.165, 1.54) is 0 Å². The Kier molecular flexibility index (Phi) is 5.56. The first-order chi connectivity index (χ1) is 15.4. The molecule has 0 bridgehead atoms. The maximum atomic E-state index is 13.0. The summed E-state index contributed by atoms with van der Waals surface area (Å²) in [6.07, 6.45) is 2.59. The molecule has 3 saturated heterocycles. The van der Waals surface area contributed by atoms with Crippen molar-refractivity contribution in [3.8, 4) is 0 Å². The number of hydrogen-bond acceptors (Lipinski definition) is 7. The third kappa shape index (κ3) is 3.96. The Morgan fingerprint density at radius 2 is 1.66 bits per heavy atom. The SMILES string of the molecule is NC1CN(CC2CCN(Cc3ccc4c(c3)C(=O)N(C3CCC(=O)NC3=O)C4=O)CC2)C1. The number of nitrogens with zero attached hydrogens (tertiary/aromatic N) is 3. The second-order valence-electron chi connectivity index (χ2n) is 9.53. The number of piperidine rings is 2. The van der Waals surface area contributed by atoms with Gasteiger partial charge < -0.3 is 5.73 Å². The molecule has 1 unspecified atom stereocenters. The van der Waals surface area contributed by atoms with Gasteiger partial charge >= 0.3 is 0 Å². The highest BCUT2D eigenvalue weighted by Gasteiger charge is 2.44. The van der Waals surface area contributed by atoms with Crippen molar-refractivity contribution in [1.82, 2.24) is 20.0 Å². The molecule has 5 rings (SSSR count). The topological polar surface area (TPSA) is 116 Å². The third-order valence-electron chi connectivity index (χ3n) is 7.12. The summed E-state index contributed by atoms with van der Waals surface area (Å²) in [7, 11) is 0. The van der Waals surface area contributed by atoms with E-state index >= 15 is 0 Å². The summed E-state index contributed by atoms with van der Waals surface area (Å²) in [4.78, 5) is 55.3. The summed E-state index contributed by atoms with van der Waals surface area (Å²) < 4.78 is 0. The zero-order chi connectivity index (χ0) is 22.4. The molecule has 4 heterocycles. The number of fused-ring (bicyclic) bond motifs is 1. The molecule has 0 saturated carbocycles. The van der Waals surface area contributed by atoms with Crippen LogP contribution in [0.1, 0.15) is 52.0 Å². The summed E-state index contributed by atoms with van der Waals surface area (Å²) in [5, 5.41) is 2.22. The lowest BCUT2D eigenvalue weighted by atomic mass is 9.94. The monoisotopic (exact) mass is 439 g/mol. The summed E-state index contributed by atoms with van der Waals surface area (Å²) >= 11 is 0. The Morgan fingerprint density at radius 3 is 2.34 bits per heavy atom. The third-order valence-corrected chi connectivity index (χ3v) is 7.12. The van der Waals surface area contributed by atoms with E-state index in [1.807, 2.05) is 6.07 Å². The van der Waals surface area contributed by atoms with Crippen LogP contribution >= 0.6 is 0 Å². The summed E-state index contributed by atoms with van der Waals surface area (Å²) in [5.74, 6) is -1.16. The Balaban J connectivity index is 1.21. The van der Waals surface area contributed by atoms with E-state index in [9.17, 15) is 19.2 Å². The number of benzene rings is 1. The van der Waals surface area contributed by atoms with Crippen LogP contribution in [0.2, 0.25) is 0 Å². The summed E-state index contributed by atoms with van der Waals surface area (Å²) in [5.41, 5.74) is 7.54. The van der Waals surface area contributed by atoms with Crippen molar-refractivity contribution in [3.05, 3.63) is 34.9 Å². The maximum absolute atomic E-state index is 13.0. The highest BCUT2D eigenvalue weighted by atomic mass is 16.2. The predicted octanol–water partition coefficient (Wildman–Crippen LogP) is -0.0573. The number of nitrogens with one attached hydrogen (secondary N) is 1. The molecule has 0 aliphatic carbocycles. The first kappa shape index (κ1) is 21.2. The molecule has 1 aromatic carbocycles. The van der Waals surface area contributed by atoms with Crippen LogP contribution in [-0.4, -0.2) is 83.1 Å². The first-order valence-electron chi connectivity index (χ1n) is 11.4. The Hall–Kier alpha value is -2.62. The second-order valence-corrected chi connectivity index (χ2v) is 9.53. The number of nitrogens with two attached hydrogens (primary N) is 1. The van der Waals surface area contributed by atoms with E-state index in [-0.39, 0.29) is 18.7 Å². The number of imide groups is 2. The second kappa shape index (κ2) is 8.38. The Labute approximate surface area is 186 Å². The molecular weight excluding hydrogens is 410 g/mol. The molecular formula is C23H29N5O4. The van der Waals surface area contributed by atoms with Crippen LogP contribution in [0.25, 0.3) is 0 Å². The van der Waals surface area contributed by atoms with Crippen molar-refractivity contribution in [3.63, 3.8) is 0 Å². The van der Waals surface area contributed by atoms with Crippen LogP contribution in [0.15, 0.2) is 18.2 Å². The zero-order valence-electron chi connectivity index (χ0n) is 18.1. The van der Waals surface area contributed by atoms with Gasteiger partial charge in [0.25, 0.3) is 11.8 Å². The number of rotatable bonds is 5. The minimum absolute atomic E-state index is 0.121. The average Bonchev–Trinajstić information content (AvgIpc) is 2.98. The van der Waals surface area contributed by atoms with E-state index in [2.05, 4.69) is 15.1 Å². The lowest BCUT2D eigenvalue weighted by molar-refractivity contribution is -0.136. The normalized spacial score (nSPS) is 25.8. The van der Waals surface area contributed by atoms with Crippen LogP contribution < -0.4 is 11.1 Å². The molecule has 9 heteroatoms. The fourth-order valence-electron chi connectivity index (χ4n) is 5.33. The quantitative estimate of drug-likeness (QED) is 0.618. The molecule has 1 atom stereocenters. The van der Waals surface area contributed by atoms with Crippen LogP contribution in [0.5, 0.6) is 0 Å². The summed E-state index contributed by atoms with van der Waals surface area (Å²) in [6, 6.07) is 4.79. The van der Waals surface area contributed by atoms with Gasteiger partial charge in [0.1, 0.15) is 6.04 Å². The van der Waals surface area contributed by atoms with Crippen molar-refractivity contribution in [2.24, 2.45) is 11.7 Å². The molecule has 3 fully saturated rings. The van der Waals surface area contributed by atoms with Crippen molar-refractivity contribution in [2.75, 3.05) is 32.7 Å². The lowest BCUT2D eigenvalue weighted by Crippen LogP contribution is -2.57. The Morgan fingerprint density at radius 1 is 0.938 bits per heavy atom. The molecule has 170 valence electrons. The number of carbonyl (C=O) groups excluding carboxylic acids is 4. The molecule has 32 heavy (non-hydrogen) atoms. The summed E-state index contributed by atoms with van der Waals surface area (Å²) in [6.45, 7) is 5.91. The first-order valence-corrected chi connectivity index (χ1v) is 11.4. The molecule has 3 N–H and O–H groups in total. The van der Waals surface area contributed by atoms with E-state index < -0.39 is 23.8 Å². The van der Waals surface area contributed by atoms with Gasteiger partial charge in [-0.3, -0.25) is 39.2 Å². The average molecular weight is 440 g/mol. The van der Waals surface area contributed by atoms with Gasteiger partial charge in [-0.1, -0.05) is 6.07 Å². The highest BCUT2D eigenvalue weighted by molar-refractivity contribution is 6.23. The van der Waals surface area contributed by atoms with Crippen molar-refractivity contribution < 1.29 is 19.2 Å².